The Morgan fingerprint density at radius 3 is 2.70 bits per heavy atom. The lowest BCUT2D eigenvalue weighted by Gasteiger charge is -2.20. The van der Waals surface area contributed by atoms with Gasteiger partial charge in [-0.15, -0.1) is 0 Å². The van der Waals surface area contributed by atoms with Crippen molar-refractivity contribution < 1.29 is 9.53 Å². The van der Waals surface area contributed by atoms with E-state index in [1.54, 1.807) is 0 Å². The number of ether oxygens (including phenoxy) is 1. The number of halogens is 1. The Bertz CT molecular complexity index is 758. The first-order chi connectivity index (χ1) is 10.9. The molecule has 0 fully saturated rings. The molecular formula is C16H18ClN3O2S. The van der Waals surface area contributed by atoms with E-state index in [-0.39, 0.29) is 5.69 Å². The third-order valence-electron chi connectivity index (χ3n) is 3.53. The highest BCUT2D eigenvalue weighted by atomic mass is 35.5. The van der Waals surface area contributed by atoms with Crippen LogP contribution in [0.5, 0.6) is 10.9 Å². The average molecular weight is 352 g/mol. The molecule has 0 atom stereocenters. The molecule has 0 unspecified atom stereocenters. The Kier molecular flexibility index (Phi) is 5.38. The molecule has 23 heavy (non-hydrogen) atoms. The molecule has 2 aromatic rings. The molecule has 1 heterocycles. The normalized spacial score (nSPS) is 10.5. The summed E-state index contributed by atoms with van der Waals surface area (Å²) in [6.45, 7) is 6.62. The summed E-state index contributed by atoms with van der Waals surface area (Å²) in [7, 11) is 1.89. The first-order valence-electron chi connectivity index (χ1n) is 7.08. The van der Waals surface area contributed by atoms with Crippen molar-refractivity contribution in [3.05, 3.63) is 38.9 Å². The van der Waals surface area contributed by atoms with Crippen LogP contribution < -0.4 is 4.74 Å². The maximum absolute atomic E-state index is 10.8. The molecule has 0 radical (unpaired) electrons. The van der Waals surface area contributed by atoms with Gasteiger partial charge in [0.1, 0.15) is 21.6 Å². The number of carbonyl (C=O) groups is 1. The number of nitrogens with zero attached hydrogens (tertiary/aromatic N) is 2. The van der Waals surface area contributed by atoms with Crippen LogP contribution in [0, 0.1) is 19.3 Å². The van der Waals surface area contributed by atoms with E-state index in [2.05, 4.69) is 4.98 Å². The van der Waals surface area contributed by atoms with Gasteiger partial charge < -0.3 is 9.64 Å². The molecule has 0 amide bonds. The maximum atomic E-state index is 10.8. The molecule has 5 nitrogen and oxygen atoms in total. The monoisotopic (exact) mass is 351 g/mol. The highest BCUT2D eigenvalue weighted by Crippen LogP contribution is 2.34. The summed E-state index contributed by atoms with van der Waals surface area (Å²) in [6.07, 6.45) is 0.606. The number of aromatic nitrogens is 1. The smallest absolute Gasteiger partial charge is 0.280 e. The van der Waals surface area contributed by atoms with E-state index in [0.717, 1.165) is 34.6 Å². The maximum Gasteiger partial charge on any atom is 0.280 e. The summed E-state index contributed by atoms with van der Waals surface area (Å²) in [6, 6.07) is 3.80. The van der Waals surface area contributed by atoms with Gasteiger partial charge in [-0.25, -0.2) is 0 Å². The number of rotatable bonds is 5. The molecule has 0 aliphatic heterocycles. The molecule has 0 bridgehead atoms. The lowest BCUT2D eigenvalue weighted by atomic mass is 10.0. The summed E-state index contributed by atoms with van der Waals surface area (Å²) >= 11 is 7.03. The number of nitrogens with one attached hydrogen (secondary N) is 1. The quantitative estimate of drug-likeness (QED) is 0.495. The lowest BCUT2D eigenvalue weighted by molar-refractivity contribution is 0.111. The van der Waals surface area contributed by atoms with E-state index in [1.165, 1.54) is 0 Å². The van der Waals surface area contributed by atoms with Crippen LogP contribution in [-0.2, 0) is 0 Å². The number of thiazole rings is 1. The van der Waals surface area contributed by atoms with E-state index >= 15 is 0 Å². The van der Waals surface area contributed by atoms with Crippen molar-refractivity contribution in [3.63, 3.8) is 0 Å². The second-order valence-electron chi connectivity index (χ2n) is 5.15. The van der Waals surface area contributed by atoms with Crippen LogP contribution in [0.1, 0.15) is 34.1 Å². The number of hydrogen-bond acceptors (Lipinski definition) is 5. The number of benzene rings is 1. The molecule has 0 aliphatic carbocycles. The van der Waals surface area contributed by atoms with Crippen LogP contribution in [0.3, 0.4) is 0 Å². The largest absolute Gasteiger partial charge is 0.431 e. The molecule has 1 aromatic heterocycles. The van der Waals surface area contributed by atoms with E-state index in [0.29, 0.717) is 27.4 Å². The van der Waals surface area contributed by atoms with Crippen molar-refractivity contribution in [1.29, 1.82) is 5.41 Å². The van der Waals surface area contributed by atoms with Gasteiger partial charge in [0, 0.05) is 19.2 Å². The van der Waals surface area contributed by atoms with E-state index in [4.69, 9.17) is 21.7 Å². The number of carbonyl (C=O) groups excluding carboxylic acids is 1. The third kappa shape index (κ3) is 3.71. The van der Waals surface area contributed by atoms with Crippen molar-refractivity contribution in [2.75, 3.05) is 13.6 Å². The highest BCUT2D eigenvalue weighted by molar-refractivity contribution is 7.17. The topological polar surface area (TPSA) is 66.3 Å². The summed E-state index contributed by atoms with van der Waals surface area (Å²) in [5.41, 5.74) is 2.88. The van der Waals surface area contributed by atoms with Crippen molar-refractivity contribution in [2.24, 2.45) is 0 Å². The van der Waals surface area contributed by atoms with Gasteiger partial charge in [0.05, 0.1) is 0 Å². The minimum Gasteiger partial charge on any atom is -0.431 e. The fraction of sp³-hybridized carbons (Fsp3) is 0.312. The van der Waals surface area contributed by atoms with Crippen molar-refractivity contribution in [3.8, 4) is 10.9 Å². The summed E-state index contributed by atoms with van der Waals surface area (Å²) in [5, 5.41) is 8.57. The minimum atomic E-state index is 0.184. The second kappa shape index (κ2) is 7.10. The van der Waals surface area contributed by atoms with E-state index in [1.807, 2.05) is 44.9 Å². The average Bonchev–Trinajstić information content (AvgIpc) is 2.88. The number of aldehydes is 1. The number of hydrogen-bond donors (Lipinski definition) is 1. The van der Waals surface area contributed by atoms with Crippen molar-refractivity contribution >= 4 is 35.1 Å². The standard InChI is InChI=1S/C16H18ClN3O2S/c1-5-20(4)15(18)11-6-10(3)13(7-9(11)2)22-16-19-12(8-21)14(17)23-16/h6-8,18H,5H2,1-4H3. The molecule has 7 heteroatoms. The molecule has 1 N–H and O–H groups in total. The molecule has 2 rings (SSSR count). The van der Waals surface area contributed by atoms with Crippen LogP contribution in [0.2, 0.25) is 4.34 Å². The zero-order valence-electron chi connectivity index (χ0n) is 13.4. The van der Waals surface area contributed by atoms with Crippen molar-refractivity contribution in [2.45, 2.75) is 20.8 Å². The predicted octanol–water partition coefficient (Wildman–Crippen LogP) is 4.30. The molecule has 0 aliphatic rings. The fourth-order valence-corrected chi connectivity index (χ4v) is 2.93. The zero-order chi connectivity index (χ0) is 17.1. The SMILES string of the molecule is CCN(C)C(=N)c1cc(C)c(Oc2nc(C=O)c(Cl)s2)cc1C. The predicted molar refractivity (Wildman–Crippen MR) is 93.6 cm³/mol. The Hall–Kier alpha value is -1.92. The minimum absolute atomic E-state index is 0.184. The van der Waals surface area contributed by atoms with E-state index in [9.17, 15) is 4.79 Å². The molecular weight excluding hydrogens is 334 g/mol. The third-order valence-corrected chi connectivity index (χ3v) is 4.69. The molecule has 1 aromatic carbocycles. The number of aryl methyl sites for hydroxylation is 2. The first-order valence-corrected chi connectivity index (χ1v) is 8.27. The summed E-state index contributed by atoms with van der Waals surface area (Å²) in [5.74, 6) is 1.11. The molecule has 122 valence electrons. The van der Waals surface area contributed by atoms with Gasteiger partial charge in [-0.1, -0.05) is 22.9 Å². The summed E-state index contributed by atoms with van der Waals surface area (Å²) in [4.78, 5) is 16.7. The molecule has 0 spiro atoms. The van der Waals surface area contributed by atoms with E-state index < -0.39 is 0 Å². The van der Waals surface area contributed by atoms with Gasteiger partial charge in [-0.2, -0.15) is 4.98 Å². The van der Waals surface area contributed by atoms with Gasteiger partial charge in [-0.05, 0) is 44.0 Å². The van der Waals surface area contributed by atoms with Gasteiger partial charge in [-0.3, -0.25) is 10.2 Å². The molecule has 0 saturated heterocycles. The van der Waals surface area contributed by atoms with Gasteiger partial charge in [0.2, 0.25) is 0 Å². The van der Waals surface area contributed by atoms with Gasteiger partial charge in [0.25, 0.3) is 5.19 Å². The Morgan fingerprint density at radius 1 is 1.43 bits per heavy atom. The van der Waals surface area contributed by atoms with Crippen LogP contribution in [0.15, 0.2) is 12.1 Å². The first kappa shape index (κ1) is 17.4. The van der Waals surface area contributed by atoms with Crippen LogP contribution in [-0.4, -0.2) is 35.6 Å². The van der Waals surface area contributed by atoms with Crippen LogP contribution >= 0.6 is 22.9 Å². The lowest BCUT2D eigenvalue weighted by Crippen LogP contribution is -2.27. The molecule has 0 saturated carbocycles. The Morgan fingerprint density at radius 2 is 2.13 bits per heavy atom. The highest BCUT2D eigenvalue weighted by Gasteiger charge is 2.15. The Balaban J connectivity index is 2.32. The van der Waals surface area contributed by atoms with Gasteiger partial charge in [0.15, 0.2) is 6.29 Å². The second-order valence-corrected chi connectivity index (χ2v) is 6.72. The number of amidine groups is 1. The van der Waals surface area contributed by atoms with Crippen molar-refractivity contribution in [1.82, 2.24) is 9.88 Å². The zero-order valence-corrected chi connectivity index (χ0v) is 15.0. The fourth-order valence-electron chi connectivity index (χ4n) is 2.02. The van der Waals surface area contributed by atoms with Gasteiger partial charge >= 0.3 is 0 Å². The Labute approximate surface area is 144 Å². The van der Waals surface area contributed by atoms with Crippen LogP contribution in [0.4, 0.5) is 0 Å². The van der Waals surface area contributed by atoms with Crippen LogP contribution in [0.25, 0.3) is 0 Å². The summed E-state index contributed by atoms with van der Waals surface area (Å²) < 4.78 is 6.07.